The van der Waals surface area contributed by atoms with Crippen LogP contribution in [-0.2, 0) is 5.41 Å². The first kappa shape index (κ1) is 44.1. The largest absolute Gasteiger partial charge is 0.458 e. The third-order valence-corrected chi connectivity index (χ3v) is 16.1. The van der Waals surface area contributed by atoms with Crippen LogP contribution in [0.1, 0.15) is 26.3 Å². The van der Waals surface area contributed by atoms with E-state index in [1.807, 2.05) is 0 Å². The Hall–Kier alpha value is -9.38. The normalized spacial score (nSPS) is 12.7. The van der Waals surface area contributed by atoms with Gasteiger partial charge in [-0.3, -0.25) is 0 Å². The minimum atomic E-state index is -0.191. The third kappa shape index (κ3) is 6.84. The number of fused-ring (bicyclic) bond motifs is 9. The van der Waals surface area contributed by atoms with Gasteiger partial charge >= 0.3 is 0 Å². The van der Waals surface area contributed by atoms with Crippen LogP contribution >= 0.6 is 0 Å². The second kappa shape index (κ2) is 17.1. The number of hydrogen-bond donors (Lipinski definition) is 0. The molecule has 2 aliphatic rings. The van der Waals surface area contributed by atoms with Crippen molar-refractivity contribution in [2.45, 2.75) is 26.2 Å². The Balaban J connectivity index is 1.06. The molecule has 358 valence electrons. The molecule has 15 rings (SSSR count). The fourth-order valence-corrected chi connectivity index (χ4v) is 12.5. The average molecular weight is 972 g/mol. The molecular formula is C72H50BNO2. The van der Waals surface area contributed by atoms with Gasteiger partial charge < -0.3 is 14.1 Å². The Morgan fingerprint density at radius 1 is 0.368 bits per heavy atom. The van der Waals surface area contributed by atoms with Crippen LogP contribution in [0.4, 0.5) is 17.1 Å². The van der Waals surface area contributed by atoms with Gasteiger partial charge in [-0.15, -0.1) is 0 Å². The molecular weight excluding hydrogens is 922 g/mol. The quantitative estimate of drug-likeness (QED) is 0.123. The van der Waals surface area contributed by atoms with Gasteiger partial charge in [-0.2, -0.15) is 0 Å². The minimum absolute atomic E-state index is 0.129. The lowest BCUT2D eigenvalue weighted by molar-refractivity contribution is 0.483. The standard InChI is InChI=1S/C72H50BNO2/c1-72(2,3)50-43-63-69-66(44-50)75-65-40-38-48(45-21-7-4-8-22-45)41-61(65)73(69)60-39-37-49(42-62(60)74(63)70-51(46-23-9-5-10-24-46)32-19-33-52(70)47-25-11-6-12-26-47)67-54-28-13-15-30-56(54)68(57-31-16-14-29-55(57)67)59-35-20-34-58-53-27-17-18-36-64(53)76-71(58)59/h4-44H,1-3H3. The lowest BCUT2D eigenvalue weighted by atomic mass is 9.34. The third-order valence-electron chi connectivity index (χ3n) is 16.1. The molecule has 0 radical (unpaired) electrons. The molecule has 1 aromatic heterocycles. The molecule has 76 heavy (non-hydrogen) atoms. The molecule has 0 saturated carbocycles. The van der Waals surface area contributed by atoms with Crippen LogP contribution in [0.25, 0.3) is 99.1 Å². The van der Waals surface area contributed by atoms with Crippen molar-refractivity contribution in [2.75, 3.05) is 4.90 Å². The Morgan fingerprint density at radius 3 is 1.55 bits per heavy atom. The van der Waals surface area contributed by atoms with E-state index >= 15 is 0 Å². The Kier molecular flexibility index (Phi) is 9.93. The van der Waals surface area contributed by atoms with E-state index < -0.39 is 0 Å². The summed E-state index contributed by atoms with van der Waals surface area (Å²) in [4.78, 5) is 2.60. The molecule has 0 atom stereocenters. The predicted octanol–water partition coefficient (Wildman–Crippen LogP) is 17.9. The lowest BCUT2D eigenvalue weighted by Gasteiger charge is -2.42. The summed E-state index contributed by atoms with van der Waals surface area (Å²) < 4.78 is 14.0. The molecule has 4 heteroatoms. The van der Waals surface area contributed by atoms with Gasteiger partial charge in [0.25, 0.3) is 6.71 Å². The van der Waals surface area contributed by atoms with Gasteiger partial charge in [0.2, 0.25) is 0 Å². The monoisotopic (exact) mass is 971 g/mol. The van der Waals surface area contributed by atoms with E-state index in [4.69, 9.17) is 9.15 Å². The highest BCUT2D eigenvalue weighted by atomic mass is 16.5. The highest BCUT2D eigenvalue weighted by Crippen LogP contribution is 2.52. The zero-order valence-electron chi connectivity index (χ0n) is 42.5. The number of anilines is 3. The van der Waals surface area contributed by atoms with Gasteiger partial charge in [0.05, 0.1) is 5.69 Å². The van der Waals surface area contributed by atoms with E-state index in [0.29, 0.717) is 0 Å². The number of ether oxygens (including phenoxy) is 1. The van der Waals surface area contributed by atoms with Gasteiger partial charge in [-0.05, 0) is 113 Å². The number of para-hydroxylation sites is 3. The smallest absolute Gasteiger partial charge is 0.256 e. The van der Waals surface area contributed by atoms with Crippen molar-refractivity contribution in [3.63, 3.8) is 0 Å². The van der Waals surface area contributed by atoms with Gasteiger partial charge in [-0.1, -0.05) is 239 Å². The molecule has 0 bridgehead atoms. The van der Waals surface area contributed by atoms with E-state index in [2.05, 4.69) is 274 Å². The summed E-state index contributed by atoms with van der Waals surface area (Å²) in [5, 5.41) is 6.96. The number of nitrogens with zero attached hydrogens (tertiary/aromatic N) is 1. The molecule has 0 unspecified atom stereocenters. The van der Waals surface area contributed by atoms with Crippen LogP contribution in [0.2, 0.25) is 0 Å². The van der Waals surface area contributed by atoms with Gasteiger partial charge in [0.1, 0.15) is 22.7 Å². The topological polar surface area (TPSA) is 25.6 Å². The summed E-state index contributed by atoms with van der Waals surface area (Å²) in [6.45, 7) is 6.80. The number of rotatable bonds is 6. The summed E-state index contributed by atoms with van der Waals surface area (Å²) in [6, 6.07) is 91.1. The molecule has 0 amide bonds. The molecule has 2 aliphatic heterocycles. The van der Waals surface area contributed by atoms with Gasteiger partial charge in [0.15, 0.2) is 0 Å². The maximum Gasteiger partial charge on any atom is 0.256 e. The summed E-state index contributed by atoms with van der Waals surface area (Å²) in [5.41, 5.74) is 21.3. The second-order valence-corrected chi connectivity index (χ2v) is 21.5. The SMILES string of the molecule is CC(C)(C)c1cc2c3c(c1)N(c1c(-c4ccccc4)cccc1-c1ccccc1)c1cc(-c4c5ccccc5c(-c5cccc6c5oc5ccccc56)c5ccccc45)ccc1B3c1cc(-c3ccccc3)ccc1O2. The van der Waals surface area contributed by atoms with Gasteiger partial charge in [-0.25, -0.2) is 0 Å². The van der Waals surface area contributed by atoms with Crippen LogP contribution < -0.4 is 26.0 Å². The van der Waals surface area contributed by atoms with Crippen LogP contribution in [0.3, 0.4) is 0 Å². The van der Waals surface area contributed by atoms with Crippen molar-refractivity contribution in [3.05, 3.63) is 254 Å². The Bertz CT molecular complexity index is 4360. The number of benzene rings is 12. The van der Waals surface area contributed by atoms with E-state index in [-0.39, 0.29) is 12.1 Å². The van der Waals surface area contributed by atoms with E-state index in [0.717, 1.165) is 94.9 Å². The summed E-state index contributed by atoms with van der Waals surface area (Å²) >= 11 is 0. The van der Waals surface area contributed by atoms with Crippen LogP contribution in [0.5, 0.6) is 11.5 Å². The molecule has 0 aliphatic carbocycles. The highest BCUT2D eigenvalue weighted by molar-refractivity contribution is 6.99. The molecule has 0 fully saturated rings. The van der Waals surface area contributed by atoms with Crippen LogP contribution in [0.15, 0.2) is 253 Å². The van der Waals surface area contributed by atoms with Crippen molar-refractivity contribution in [1.82, 2.24) is 0 Å². The summed E-state index contributed by atoms with van der Waals surface area (Å²) in [5.74, 6) is 1.79. The van der Waals surface area contributed by atoms with E-state index in [1.165, 1.54) is 54.7 Å². The maximum atomic E-state index is 7.23. The fourth-order valence-electron chi connectivity index (χ4n) is 12.5. The van der Waals surface area contributed by atoms with Crippen molar-refractivity contribution < 1.29 is 9.15 Å². The average Bonchev–Trinajstić information content (AvgIpc) is 4.01. The first-order chi connectivity index (χ1) is 37.4. The number of hydrogen-bond acceptors (Lipinski definition) is 3. The zero-order valence-corrected chi connectivity index (χ0v) is 42.5. The van der Waals surface area contributed by atoms with Crippen LogP contribution in [0, 0.1) is 0 Å². The molecule has 0 N–H and O–H groups in total. The second-order valence-electron chi connectivity index (χ2n) is 21.5. The summed E-state index contributed by atoms with van der Waals surface area (Å²) in [7, 11) is 0. The van der Waals surface area contributed by atoms with Crippen LogP contribution in [-0.4, -0.2) is 6.71 Å². The van der Waals surface area contributed by atoms with Crippen molar-refractivity contribution >= 4 is 83.6 Å². The predicted molar refractivity (Wildman–Crippen MR) is 320 cm³/mol. The van der Waals surface area contributed by atoms with Crippen molar-refractivity contribution in [3.8, 4) is 67.1 Å². The minimum Gasteiger partial charge on any atom is -0.458 e. The van der Waals surface area contributed by atoms with E-state index in [1.54, 1.807) is 0 Å². The highest BCUT2D eigenvalue weighted by Gasteiger charge is 2.44. The molecule has 0 spiro atoms. The fraction of sp³-hybridized carbons (Fsp3) is 0.0556. The molecule has 3 heterocycles. The molecule has 12 aromatic carbocycles. The zero-order chi connectivity index (χ0) is 50.6. The molecule has 0 saturated heterocycles. The lowest BCUT2D eigenvalue weighted by Crippen LogP contribution is -2.59. The first-order valence-electron chi connectivity index (χ1n) is 26.4. The molecule has 3 nitrogen and oxygen atoms in total. The van der Waals surface area contributed by atoms with Crippen molar-refractivity contribution in [2.24, 2.45) is 0 Å². The summed E-state index contributed by atoms with van der Waals surface area (Å²) in [6.07, 6.45) is 0. The molecule has 13 aromatic rings. The Morgan fingerprint density at radius 2 is 0.908 bits per heavy atom. The number of furan rings is 1. The van der Waals surface area contributed by atoms with Crippen molar-refractivity contribution in [1.29, 1.82) is 0 Å². The maximum absolute atomic E-state index is 7.23. The van der Waals surface area contributed by atoms with Gasteiger partial charge in [0, 0.05) is 44.4 Å². The first-order valence-corrected chi connectivity index (χ1v) is 26.4. The van der Waals surface area contributed by atoms with E-state index in [9.17, 15) is 0 Å². The Labute approximate surface area is 443 Å².